The highest BCUT2D eigenvalue weighted by Crippen LogP contribution is 2.40. The van der Waals surface area contributed by atoms with Gasteiger partial charge in [-0.15, -0.1) is 0 Å². The average molecular weight is 332 g/mol. The van der Waals surface area contributed by atoms with Crippen LogP contribution in [0.25, 0.3) is 6.08 Å². The van der Waals surface area contributed by atoms with Crippen LogP contribution in [0.5, 0.6) is 0 Å². The molecule has 1 saturated heterocycles. The number of carbonyl (C=O) groups excluding carboxylic acids is 2. The second-order valence-electron chi connectivity index (χ2n) is 5.58. The first kappa shape index (κ1) is 15.5. The molecule has 2 amide bonds. The predicted molar refractivity (Wildman–Crippen MR) is 85.8 cm³/mol. The molecule has 0 saturated carbocycles. The summed E-state index contributed by atoms with van der Waals surface area (Å²) in [5.41, 5.74) is 1.06. The van der Waals surface area contributed by atoms with Crippen molar-refractivity contribution in [1.82, 2.24) is 0 Å². The van der Waals surface area contributed by atoms with Gasteiger partial charge in [0.1, 0.15) is 0 Å². The molecule has 0 aromatic heterocycles. The third-order valence-electron chi connectivity index (χ3n) is 4.12. The molecule has 1 heterocycles. The van der Waals surface area contributed by atoms with Gasteiger partial charge in [-0.05, 0) is 36.6 Å². The van der Waals surface area contributed by atoms with Crippen molar-refractivity contribution < 1.29 is 19.5 Å². The van der Waals surface area contributed by atoms with E-state index in [4.69, 9.17) is 16.7 Å². The Balaban J connectivity index is 1.91. The summed E-state index contributed by atoms with van der Waals surface area (Å²) in [6.45, 7) is 0. The molecule has 6 heteroatoms. The van der Waals surface area contributed by atoms with Crippen LogP contribution in [0.4, 0.5) is 5.69 Å². The summed E-state index contributed by atoms with van der Waals surface area (Å²) in [4.78, 5) is 36.9. The van der Waals surface area contributed by atoms with E-state index in [1.54, 1.807) is 30.3 Å². The molecular weight excluding hydrogens is 318 g/mol. The molecule has 0 bridgehead atoms. The quantitative estimate of drug-likeness (QED) is 0.682. The largest absolute Gasteiger partial charge is 0.478 e. The Morgan fingerprint density at radius 2 is 2.00 bits per heavy atom. The van der Waals surface area contributed by atoms with Crippen LogP contribution in [0.1, 0.15) is 18.4 Å². The molecule has 3 rings (SSSR count). The number of carbonyl (C=O) groups is 3. The summed E-state index contributed by atoms with van der Waals surface area (Å²) in [5.74, 6) is -2.29. The summed E-state index contributed by atoms with van der Waals surface area (Å²) < 4.78 is 0. The number of benzene rings is 1. The molecular formula is C17H14ClNO4. The molecule has 2 unspecified atom stereocenters. The molecule has 1 aliphatic carbocycles. The van der Waals surface area contributed by atoms with E-state index in [0.717, 1.165) is 6.08 Å². The minimum atomic E-state index is -1.06. The summed E-state index contributed by atoms with van der Waals surface area (Å²) in [7, 11) is 0. The second-order valence-corrected chi connectivity index (χ2v) is 6.07. The van der Waals surface area contributed by atoms with Crippen LogP contribution in [0, 0.1) is 11.8 Å². The van der Waals surface area contributed by atoms with Gasteiger partial charge in [0.2, 0.25) is 11.8 Å². The number of halogens is 1. The van der Waals surface area contributed by atoms with Gasteiger partial charge in [0.15, 0.2) is 0 Å². The number of allylic oxidation sites excluding steroid dienone is 2. The van der Waals surface area contributed by atoms with Gasteiger partial charge in [-0.1, -0.05) is 29.8 Å². The number of rotatable bonds is 3. The van der Waals surface area contributed by atoms with Crippen molar-refractivity contribution in [2.45, 2.75) is 12.8 Å². The summed E-state index contributed by atoms with van der Waals surface area (Å²) in [6, 6.07) is 6.69. The number of aliphatic carboxylic acids is 1. The first-order valence-electron chi connectivity index (χ1n) is 7.21. The van der Waals surface area contributed by atoms with E-state index in [1.807, 2.05) is 0 Å². The van der Waals surface area contributed by atoms with Gasteiger partial charge >= 0.3 is 5.97 Å². The smallest absolute Gasteiger partial charge is 0.328 e. The minimum absolute atomic E-state index is 0.222. The maximum atomic E-state index is 12.6. The van der Waals surface area contributed by atoms with E-state index in [0.29, 0.717) is 29.1 Å². The molecule has 2 aliphatic rings. The highest BCUT2D eigenvalue weighted by Gasteiger charge is 2.48. The Hall–Kier alpha value is -2.40. The van der Waals surface area contributed by atoms with Gasteiger partial charge in [0.05, 0.1) is 17.5 Å². The monoisotopic (exact) mass is 331 g/mol. The zero-order valence-corrected chi connectivity index (χ0v) is 12.9. The molecule has 1 fully saturated rings. The molecule has 0 spiro atoms. The van der Waals surface area contributed by atoms with Crippen LogP contribution >= 0.6 is 11.6 Å². The molecule has 0 radical (unpaired) electrons. The van der Waals surface area contributed by atoms with Crippen LogP contribution in [0.2, 0.25) is 0 Å². The average Bonchev–Trinajstić information content (AvgIpc) is 2.76. The number of hydrogen-bond acceptors (Lipinski definition) is 3. The van der Waals surface area contributed by atoms with Gasteiger partial charge in [-0.3, -0.25) is 14.5 Å². The zero-order valence-electron chi connectivity index (χ0n) is 12.1. The summed E-state index contributed by atoms with van der Waals surface area (Å²) in [6.07, 6.45) is 5.09. The predicted octanol–water partition coefficient (Wildman–Crippen LogP) is 2.81. The maximum absolute atomic E-state index is 12.6. The number of amides is 2. The van der Waals surface area contributed by atoms with Crippen LogP contribution in [-0.2, 0) is 14.4 Å². The molecule has 1 aliphatic heterocycles. The molecule has 118 valence electrons. The van der Waals surface area contributed by atoms with Crippen LogP contribution in [0.3, 0.4) is 0 Å². The Morgan fingerprint density at radius 1 is 1.26 bits per heavy atom. The molecule has 1 aromatic rings. The number of fused-ring (bicyclic) bond motifs is 1. The van der Waals surface area contributed by atoms with E-state index in [-0.39, 0.29) is 17.7 Å². The molecule has 5 nitrogen and oxygen atoms in total. The molecule has 1 aromatic carbocycles. The molecule has 1 N–H and O–H groups in total. The Morgan fingerprint density at radius 3 is 2.74 bits per heavy atom. The van der Waals surface area contributed by atoms with Crippen molar-refractivity contribution in [1.29, 1.82) is 0 Å². The standard InChI is InChI=1S/C17H14ClNO4/c18-11-5-6-13-14(9-11)17(23)19(16(13)22)12-3-1-2-10(8-12)4-7-15(20)21/h1-5,7-8,13-14H,6,9H2,(H,20,21). The zero-order chi connectivity index (χ0) is 16.6. The normalized spacial score (nSPS) is 24.0. The third kappa shape index (κ3) is 2.92. The van der Waals surface area contributed by atoms with Crippen LogP contribution < -0.4 is 4.90 Å². The Kier molecular flexibility index (Phi) is 4.05. The summed E-state index contributed by atoms with van der Waals surface area (Å²) in [5, 5.41) is 9.30. The van der Waals surface area contributed by atoms with Crippen molar-refractivity contribution in [3.05, 3.63) is 47.0 Å². The highest BCUT2D eigenvalue weighted by atomic mass is 35.5. The van der Waals surface area contributed by atoms with Crippen LogP contribution in [0.15, 0.2) is 41.4 Å². The van der Waals surface area contributed by atoms with Crippen molar-refractivity contribution in [2.24, 2.45) is 11.8 Å². The van der Waals surface area contributed by atoms with Crippen molar-refractivity contribution in [3.63, 3.8) is 0 Å². The second kappa shape index (κ2) is 6.01. The molecule has 2 atom stereocenters. The lowest BCUT2D eigenvalue weighted by Gasteiger charge is -2.17. The van der Waals surface area contributed by atoms with E-state index < -0.39 is 11.9 Å². The SMILES string of the molecule is O=C(O)C=Cc1cccc(N2C(=O)C3CC=C(Cl)CC3C2=O)c1. The number of imide groups is 1. The number of carboxylic acids is 1. The number of anilines is 1. The topological polar surface area (TPSA) is 74.7 Å². The molecule has 23 heavy (non-hydrogen) atoms. The maximum Gasteiger partial charge on any atom is 0.328 e. The van der Waals surface area contributed by atoms with E-state index in [9.17, 15) is 14.4 Å². The van der Waals surface area contributed by atoms with Gasteiger partial charge in [-0.2, -0.15) is 0 Å². The fourth-order valence-corrected chi connectivity index (χ4v) is 3.27. The van der Waals surface area contributed by atoms with Gasteiger partial charge in [0.25, 0.3) is 0 Å². The summed E-state index contributed by atoms with van der Waals surface area (Å²) >= 11 is 6.00. The van der Waals surface area contributed by atoms with Gasteiger partial charge in [-0.25, -0.2) is 4.79 Å². The lowest BCUT2D eigenvalue weighted by Crippen LogP contribution is -2.30. The van der Waals surface area contributed by atoms with E-state index >= 15 is 0 Å². The Bertz CT molecular complexity index is 753. The van der Waals surface area contributed by atoms with Gasteiger partial charge in [0, 0.05) is 11.1 Å². The van der Waals surface area contributed by atoms with Crippen molar-refractivity contribution in [2.75, 3.05) is 4.90 Å². The fourth-order valence-electron chi connectivity index (χ4n) is 3.02. The lowest BCUT2D eigenvalue weighted by molar-refractivity contribution is -0.131. The van der Waals surface area contributed by atoms with Crippen molar-refractivity contribution in [3.8, 4) is 0 Å². The highest BCUT2D eigenvalue weighted by molar-refractivity contribution is 6.30. The van der Waals surface area contributed by atoms with E-state index in [1.165, 1.54) is 11.0 Å². The van der Waals surface area contributed by atoms with Crippen LogP contribution in [-0.4, -0.2) is 22.9 Å². The Labute approximate surface area is 137 Å². The lowest BCUT2D eigenvalue weighted by atomic mass is 9.85. The number of nitrogens with zero attached hydrogens (tertiary/aromatic N) is 1. The number of hydrogen-bond donors (Lipinski definition) is 1. The number of carboxylic acid groups (broad SMARTS) is 1. The first-order valence-corrected chi connectivity index (χ1v) is 7.58. The third-order valence-corrected chi connectivity index (χ3v) is 4.42. The first-order chi connectivity index (χ1) is 11.0. The minimum Gasteiger partial charge on any atom is -0.478 e. The van der Waals surface area contributed by atoms with Gasteiger partial charge < -0.3 is 5.11 Å². The fraction of sp³-hybridized carbons (Fsp3) is 0.235. The van der Waals surface area contributed by atoms with Crippen molar-refractivity contribution >= 4 is 41.1 Å². The van der Waals surface area contributed by atoms with E-state index in [2.05, 4.69) is 0 Å².